The van der Waals surface area contributed by atoms with E-state index in [1.54, 1.807) is 0 Å². The van der Waals surface area contributed by atoms with Crippen LogP contribution in [0.1, 0.15) is 30.9 Å². The molecule has 1 aromatic rings. The molecule has 110 valence electrons. The van der Waals surface area contributed by atoms with Gasteiger partial charge in [-0.25, -0.2) is 0 Å². The molecule has 0 spiro atoms. The van der Waals surface area contributed by atoms with Crippen LogP contribution in [0.3, 0.4) is 0 Å². The first-order valence-corrected chi connectivity index (χ1v) is 7.18. The number of likely N-dealkylation sites (tertiary alicyclic amines) is 1. The second kappa shape index (κ2) is 6.33. The van der Waals surface area contributed by atoms with E-state index in [0.29, 0.717) is 5.84 Å². The Hall–Kier alpha value is -1.46. The summed E-state index contributed by atoms with van der Waals surface area (Å²) in [5.41, 5.74) is 2.40. The van der Waals surface area contributed by atoms with Crippen molar-refractivity contribution in [3.05, 3.63) is 23.5 Å². The second-order valence-electron chi connectivity index (χ2n) is 5.72. The molecule has 5 nitrogen and oxygen atoms in total. The maximum Gasteiger partial charge on any atom is 0.112 e. The Morgan fingerprint density at radius 2 is 2.10 bits per heavy atom. The lowest BCUT2D eigenvalue weighted by atomic mass is 10.1. The topological polar surface area (TPSA) is 76.1 Å². The van der Waals surface area contributed by atoms with Crippen LogP contribution in [-0.4, -0.2) is 45.8 Å². The van der Waals surface area contributed by atoms with E-state index in [2.05, 4.69) is 11.8 Å². The van der Waals surface area contributed by atoms with Crippen LogP contribution in [0.5, 0.6) is 0 Å². The highest BCUT2D eigenvalue weighted by Gasteiger charge is 2.18. The van der Waals surface area contributed by atoms with Crippen molar-refractivity contribution in [2.75, 3.05) is 13.1 Å². The maximum absolute atomic E-state index is 9.53. The van der Waals surface area contributed by atoms with E-state index in [-0.39, 0.29) is 12.0 Å². The van der Waals surface area contributed by atoms with Crippen molar-refractivity contribution >= 4 is 12.1 Å². The summed E-state index contributed by atoms with van der Waals surface area (Å²) in [5.74, 6) is 0.267. The number of rotatable bonds is 4. The lowest BCUT2D eigenvalue weighted by molar-refractivity contribution is 0.0792. The second-order valence-corrected chi connectivity index (χ2v) is 5.72. The van der Waals surface area contributed by atoms with Crippen molar-refractivity contribution in [1.29, 1.82) is 10.8 Å². The van der Waals surface area contributed by atoms with Gasteiger partial charge in [0.25, 0.3) is 0 Å². The smallest absolute Gasteiger partial charge is 0.112 e. The van der Waals surface area contributed by atoms with Gasteiger partial charge in [-0.3, -0.25) is 10.3 Å². The molecule has 1 fully saturated rings. The van der Waals surface area contributed by atoms with Crippen LogP contribution >= 0.6 is 0 Å². The van der Waals surface area contributed by atoms with Gasteiger partial charge < -0.3 is 15.1 Å². The Labute approximate surface area is 120 Å². The van der Waals surface area contributed by atoms with Gasteiger partial charge in [-0.2, -0.15) is 0 Å². The molecule has 2 heterocycles. The maximum atomic E-state index is 9.53. The number of aliphatic hydroxyl groups excluding tert-OH is 1. The van der Waals surface area contributed by atoms with Gasteiger partial charge in [-0.05, 0) is 30.9 Å². The number of aryl methyl sites for hydroxylation is 1. The van der Waals surface area contributed by atoms with Crippen LogP contribution < -0.4 is 0 Å². The minimum Gasteiger partial charge on any atom is -0.393 e. The molecule has 1 atom stereocenters. The molecule has 0 saturated carbocycles. The standard InChI is InChI=1S/C15H24N4O/c1-11(7-16)15(17)19-8-12(2)13(10-19)9-18-5-3-14(20)4-6-18/h7-8,10-11,14,16-17,20H,3-6,9H2,1-2H3. The molecule has 0 amide bonds. The zero-order valence-corrected chi connectivity index (χ0v) is 12.3. The van der Waals surface area contributed by atoms with Crippen LogP contribution in [0.2, 0.25) is 0 Å². The molecule has 2 rings (SSSR count). The van der Waals surface area contributed by atoms with E-state index >= 15 is 0 Å². The Morgan fingerprint density at radius 1 is 1.45 bits per heavy atom. The summed E-state index contributed by atoms with van der Waals surface area (Å²) in [7, 11) is 0. The normalized spacial score (nSPS) is 18.9. The number of aromatic nitrogens is 1. The van der Waals surface area contributed by atoms with Crippen molar-refractivity contribution in [2.24, 2.45) is 5.92 Å². The van der Waals surface area contributed by atoms with Crippen molar-refractivity contribution in [3.63, 3.8) is 0 Å². The molecule has 0 aliphatic carbocycles. The fraction of sp³-hybridized carbons (Fsp3) is 0.600. The van der Waals surface area contributed by atoms with Crippen LogP contribution in [0.4, 0.5) is 0 Å². The zero-order valence-electron chi connectivity index (χ0n) is 12.3. The van der Waals surface area contributed by atoms with E-state index in [0.717, 1.165) is 32.5 Å². The van der Waals surface area contributed by atoms with Crippen LogP contribution in [0.15, 0.2) is 12.4 Å². The molecular weight excluding hydrogens is 252 g/mol. The van der Waals surface area contributed by atoms with E-state index < -0.39 is 0 Å². The molecule has 0 radical (unpaired) electrons. The summed E-state index contributed by atoms with van der Waals surface area (Å²) in [6, 6.07) is 0. The molecule has 1 aromatic heterocycles. The van der Waals surface area contributed by atoms with Gasteiger partial charge in [0.05, 0.1) is 6.10 Å². The third kappa shape index (κ3) is 3.35. The Morgan fingerprint density at radius 3 is 2.70 bits per heavy atom. The molecule has 1 aliphatic rings. The number of hydrogen-bond donors (Lipinski definition) is 3. The SMILES string of the molecule is Cc1cn(C(=N)C(C)C=N)cc1CN1CCC(O)CC1. The number of nitrogens with one attached hydrogen (secondary N) is 2. The average molecular weight is 276 g/mol. The van der Waals surface area contributed by atoms with Gasteiger partial charge >= 0.3 is 0 Å². The predicted octanol–water partition coefficient (Wildman–Crippen LogP) is 1.86. The molecular formula is C15H24N4O. The molecule has 3 N–H and O–H groups in total. The minimum atomic E-state index is -0.167. The third-order valence-corrected chi connectivity index (χ3v) is 4.04. The van der Waals surface area contributed by atoms with Crippen LogP contribution in [0.25, 0.3) is 0 Å². The highest BCUT2D eigenvalue weighted by Crippen LogP contribution is 2.17. The Bertz CT molecular complexity index is 486. The molecule has 1 saturated heterocycles. The summed E-state index contributed by atoms with van der Waals surface area (Å²) < 4.78 is 1.82. The monoisotopic (exact) mass is 276 g/mol. The first-order valence-electron chi connectivity index (χ1n) is 7.18. The van der Waals surface area contributed by atoms with E-state index in [1.165, 1.54) is 17.3 Å². The summed E-state index contributed by atoms with van der Waals surface area (Å²) in [6.45, 7) is 6.65. The number of piperidine rings is 1. The highest BCUT2D eigenvalue weighted by atomic mass is 16.3. The van der Waals surface area contributed by atoms with Crippen LogP contribution in [-0.2, 0) is 6.54 Å². The minimum absolute atomic E-state index is 0.140. The molecule has 0 bridgehead atoms. The number of nitrogens with zero attached hydrogens (tertiary/aromatic N) is 2. The van der Waals surface area contributed by atoms with E-state index in [1.807, 2.05) is 23.9 Å². The summed E-state index contributed by atoms with van der Waals surface area (Å²) >= 11 is 0. The van der Waals surface area contributed by atoms with E-state index in [4.69, 9.17) is 10.8 Å². The lowest BCUT2D eigenvalue weighted by Gasteiger charge is -2.29. The molecule has 1 unspecified atom stereocenters. The van der Waals surface area contributed by atoms with Crippen molar-refractivity contribution < 1.29 is 5.11 Å². The largest absolute Gasteiger partial charge is 0.393 e. The van der Waals surface area contributed by atoms with E-state index in [9.17, 15) is 5.11 Å². The van der Waals surface area contributed by atoms with Crippen LogP contribution in [0, 0.1) is 23.7 Å². The molecule has 0 aromatic carbocycles. The fourth-order valence-corrected chi connectivity index (χ4v) is 2.54. The van der Waals surface area contributed by atoms with Gasteiger partial charge in [0, 0.05) is 44.2 Å². The van der Waals surface area contributed by atoms with Crippen molar-refractivity contribution in [3.8, 4) is 0 Å². The Kier molecular flexibility index (Phi) is 4.73. The molecule has 5 heteroatoms. The van der Waals surface area contributed by atoms with Gasteiger partial charge in [0.15, 0.2) is 0 Å². The van der Waals surface area contributed by atoms with Gasteiger partial charge in [-0.15, -0.1) is 0 Å². The first-order chi connectivity index (χ1) is 9.51. The summed E-state index contributed by atoms with van der Waals surface area (Å²) in [6.07, 6.45) is 6.82. The first kappa shape index (κ1) is 14.9. The molecule has 1 aliphatic heterocycles. The quantitative estimate of drug-likeness (QED) is 0.580. The highest BCUT2D eigenvalue weighted by molar-refractivity contribution is 5.95. The van der Waals surface area contributed by atoms with Gasteiger partial charge in [-0.1, -0.05) is 6.92 Å². The Balaban J connectivity index is 2.04. The lowest BCUT2D eigenvalue weighted by Crippen LogP contribution is -2.35. The van der Waals surface area contributed by atoms with Gasteiger partial charge in [0.2, 0.25) is 0 Å². The summed E-state index contributed by atoms with van der Waals surface area (Å²) in [5, 5.41) is 24.9. The number of hydrogen-bond acceptors (Lipinski definition) is 4. The molecule has 20 heavy (non-hydrogen) atoms. The van der Waals surface area contributed by atoms with Crippen molar-refractivity contribution in [2.45, 2.75) is 39.3 Å². The predicted molar refractivity (Wildman–Crippen MR) is 80.8 cm³/mol. The van der Waals surface area contributed by atoms with Crippen molar-refractivity contribution in [1.82, 2.24) is 9.47 Å². The summed E-state index contributed by atoms with van der Waals surface area (Å²) in [4.78, 5) is 2.35. The number of aliphatic hydroxyl groups is 1. The zero-order chi connectivity index (χ0) is 14.7. The van der Waals surface area contributed by atoms with Gasteiger partial charge in [0.1, 0.15) is 5.84 Å². The fourth-order valence-electron chi connectivity index (χ4n) is 2.54. The average Bonchev–Trinajstić information content (AvgIpc) is 2.81. The third-order valence-electron chi connectivity index (χ3n) is 4.04.